The van der Waals surface area contributed by atoms with Crippen LogP contribution in [0.5, 0.6) is 0 Å². The van der Waals surface area contributed by atoms with Crippen LogP contribution in [0.1, 0.15) is 42.4 Å². The van der Waals surface area contributed by atoms with E-state index in [1.54, 1.807) is 12.1 Å². The number of nitrogens with zero attached hydrogens (tertiary/aromatic N) is 1. The van der Waals surface area contributed by atoms with Crippen LogP contribution in [0.3, 0.4) is 0 Å². The molecular formula is C28H23BF2N2O6S. The summed E-state index contributed by atoms with van der Waals surface area (Å²) in [6.45, 7) is 0.0290. The first-order valence-electron chi connectivity index (χ1n) is 12.9. The molecule has 1 aliphatic heterocycles. The standard InChI is InChI=1S/C28H23BF2N2O6S/c1-40(36,37)33(9-8-24-17-6-4-15(30)10-21(17)29(35)39-24)23-13-25-20(12-19(23)14-2-3-14)26-27(38-25)18-7-5-16(31)11-22(18)32-28(26)34/h4-7,10-14,24,35H,2-3,8-9H2,1H3,(H,32,34). The molecular weight excluding hydrogens is 541 g/mol. The number of anilines is 1. The summed E-state index contributed by atoms with van der Waals surface area (Å²) in [5, 5.41) is 11.7. The number of hydrogen-bond acceptors (Lipinski definition) is 6. The number of nitrogens with one attached hydrogen (secondary N) is 1. The van der Waals surface area contributed by atoms with Crippen molar-refractivity contribution in [3.05, 3.63) is 81.6 Å². The fourth-order valence-corrected chi connectivity index (χ4v) is 6.73. The van der Waals surface area contributed by atoms with Crippen LogP contribution in [0.2, 0.25) is 0 Å². The van der Waals surface area contributed by atoms with Crippen LogP contribution in [0.15, 0.2) is 57.7 Å². The zero-order valence-corrected chi connectivity index (χ0v) is 22.1. The average molecular weight is 564 g/mol. The van der Waals surface area contributed by atoms with Gasteiger partial charge < -0.3 is 19.1 Å². The molecule has 204 valence electrons. The fourth-order valence-electron chi connectivity index (χ4n) is 5.78. The molecule has 1 unspecified atom stereocenters. The predicted octanol–water partition coefficient (Wildman–Crippen LogP) is 4.20. The maximum absolute atomic E-state index is 13.8. The molecule has 0 spiro atoms. The Kier molecular flexibility index (Phi) is 5.61. The molecule has 0 radical (unpaired) electrons. The van der Waals surface area contributed by atoms with Gasteiger partial charge in [0.2, 0.25) is 10.0 Å². The Balaban J connectivity index is 1.34. The van der Waals surface area contributed by atoms with E-state index in [1.165, 1.54) is 34.6 Å². The molecule has 2 aromatic heterocycles. The van der Waals surface area contributed by atoms with Gasteiger partial charge in [0, 0.05) is 23.4 Å². The number of H-pyrrole nitrogens is 1. The van der Waals surface area contributed by atoms with E-state index in [4.69, 9.17) is 9.07 Å². The number of hydrogen-bond donors (Lipinski definition) is 2. The molecule has 1 atom stereocenters. The molecule has 5 aromatic rings. The van der Waals surface area contributed by atoms with E-state index in [9.17, 15) is 27.0 Å². The molecule has 0 saturated heterocycles. The number of sulfonamides is 1. The van der Waals surface area contributed by atoms with Crippen LogP contribution < -0.4 is 15.3 Å². The van der Waals surface area contributed by atoms with E-state index >= 15 is 0 Å². The third kappa shape index (κ3) is 4.09. The number of halogens is 2. The topological polar surface area (TPSA) is 113 Å². The highest BCUT2D eigenvalue weighted by atomic mass is 32.2. The minimum Gasteiger partial charge on any atom is -0.455 e. The Morgan fingerprint density at radius 1 is 1.05 bits per heavy atom. The normalized spacial score (nSPS) is 17.3. The minimum atomic E-state index is -3.78. The van der Waals surface area contributed by atoms with Gasteiger partial charge in [0.1, 0.15) is 22.8 Å². The third-order valence-electron chi connectivity index (χ3n) is 7.77. The summed E-state index contributed by atoms with van der Waals surface area (Å²) in [6.07, 6.45) is 2.45. The molecule has 40 heavy (non-hydrogen) atoms. The number of furan rings is 1. The summed E-state index contributed by atoms with van der Waals surface area (Å²) in [5.41, 5.74) is 2.68. The number of benzene rings is 3. The van der Waals surface area contributed by atoms with Gasteiger partial charge in [-0.05, 0) is 78.2 Å². The first-order valence-corrected chi connectivity index (χ1v) is 14.8. The van der Waals surface area contributed by atoms with Crippen molar-refractivity contribution in [3.8, 4) is 0 Å². The van der Waals surface area contributed by atoms with E-state index < -0.39 is 40.4 Å². The van der Waals surface area contributed by atoms with Crippen molar-refractivity contribution in [2.24, 2.45) is 0 Å². The summed E-state index contributed by atoms with van der Waals surface area (Å²) < 4.78 is 66.8. The highest BCUT2D eigenvalue weighted by Crippen LogP contribution is 2.47. The summed E-state index contributed by atoms with van der Waals surface area (Å²) in [5.74, 6) is -0.868. The van der Waals surface area contributed by atoms with Crippen molar-refractivity contribution >= 4 is 61.1 Å². The van der Waals surface area contributed by atoms with Crippen molar-refractivity contribution in [1.82, 2.24) is 4.98 Å². The van der Waals surface area contributed by atoms with Crippen LogP contribution in [-0.2, 0) is 14.7 Å². The Hall–Kier alpha value is -3.74. The lowest BCUT2D eigenvalue weighted by Gasteiger charge is -2.26. The zero-order valence-electron chi connectivity index (χ0n) is 21.3. The zero-order chi connectivity index (χ0) is 27.9. The molecule has 1 saturated carbocycles. The molecule has 8 nitrogen and oxygen atoms in total. The van der Waals surface area contributed by atoms with Gasteiger partial charge in [-0.25, -0.2) is 17.2 Å². The molecule has 0 bridgehead atoms. The smallest absolute Gasteiger partial charge is 0.455 e. The Morgan fingerprint density at radius 3 is 2.55 bits per heavy atom. The molecule has 1 aliphatic carbocycles. The quantitative estimate of drug-likeness (QED) is 0.299. The lowest BCUT2D eigenvalue weighted by molar-refractivity contribution is 0.183. The van der Waals surface area contributed by atoms with Crippen LogP contribution >= 0.6 is 0 Å². The summed E-state index contributed by atoms with van der Waals surface area (Å²) in [4.78, 5) is 15.8. The summed E-state index contributed by atoms with van der Waals surface area (Å²) >= 11 is 0. The average Bonchev–Trinajstić information content (AvgIpc) is 3.59. The number of aromatic amines is 1. The van der Waals surface area contributed by atoms with Gasteiger partial charge in [0.05, 0.1) is 29.0 Å². The Labute approximate surface area is 227 Å². The van der Waals surface area contributed by atoms with E-state index in [0.717, 1.165) is 24.7 Å². The van der Waals surface area contributed by atoms with E-state index in [2.05, 4.69) is 4.98 Å². The molecule has 1 fully saturated rings. The van der Waals surface area contributed by atoms with Crippen molar-refractivity contribution < 1.29 is 31.3 Å². The molecule has 2 N–H and O–H groups in total. The molecule has 7 rings (SSSR count). The maximum atomic E-state index is 13.8. The van der Waals surface area contributed by atoms with Gasteiger partial charge in [-0.2, -0.15) is 0 Å². The monoisotopic (exact) mass is 564 g/mol. The predicted molar refractivity (Wildman–Crippen MR) is 148 cm³/mol. The summed E-state index contributed by atoms with van der Waals surface area (Å²) in [6, 6.07) is 11.6. The molecule has 12 heteroatoms. The van der Waals surface area contributed by atoms with E-state index in [0.29, 0.717) is 49.6 Å². The fraction of sp³-hybridized carbons (Fsp3) is 0.250. The lowest BCUT2D eigenvalue weighted by Crippen LogP contribution is -2.32. The number of aromatic nitrogens is 1. The Morgan fingerprint density at radius 2 is 1.80 bits per heavy atom. The first kappa shape index (κ1) is 25.2. The highest BCUT2D eigenvalue weighted by Gasteiger charge is 2.37. The SMILES string of the molecule is CS(=O)(=O)N(CCC1OB(O)c2cc(F)ccc21)c1cc2oc3c4ccc(F)cc4[nH]c(=O)c3c2cc1C1CC1. The summed E-state index contributed by atoms with van der Waals surface area (Å²) in [7, 11) is -5.07. The van der Waals surface area contributed by atoms with Gasteiger partial charge in [0.25, 0.3) is 5.56 Å². The maximum Gasteiger partial charge on any atom is 0.492 e. The van der Waals surface area contributed by atoms with Crippen LogP contribution in [0.25, 0.3) is 32.8 Å². The molecule has 3 aromatic carbocycles. The lowest BCUT2D eigenvalue weighted by atomic mass is 9.79. The second kappa shape index (κ2) is 8.88. The number of pyridine rings is 1. The largest absolute Gasteiger partial charge is 0.492 e. The van der Waals surface area contributed by atoms with Gasteiger partial charge in [-0.3, -0.25) is 9.10 Å². The number of fused-ring (bicyclic) bond motifs is 6. The molecule has 0 amide bonds. The molecule has 3 heterocycles. The molecule has 2 aliphatic rings. The van der Waals surface area contributed by atoms with Gasteiger partial charge >= 0.3 is 7.12 Å². The van der Waals surface area contributed by atoms with E-state index in [-0.39, 0.29) is 18.9 Å². The van der Waals surface area contributed by atoms with Crippen molar-refractivity contribution in [2.75, 3.05) is 17.1 Å². The van der Waals surface area contributed by atoms with Crippen molar-refractivity contribution in [3.63, 3.8) is 0 Å². The van der Waals surface area contributed by atoms with Gasteiger partial charge in [0.15, 0.2) is 0 Å². The van der Waals surface area contributed by atoms with Gasteiger partial charge in [-0.15, -0.1) is 0 Å². The van der Waals surface area contributed by atoms with Crippen molar-refractivity contribution in [1.29, 1.82) is 0 Å². The Bertz CT molecular complexity index is 2020. The van der Waals surface area contributed by atoms with Gasteiger partial charge in [-0.1, -0.05) is 6.07 Å². The highest BCUT2D eigenvalue weighted by molar-refractivity contribution is 7.92. The second-order valence-corrected chi connectivity index (χ2v) is 12.4. The van der Waals surface area contributed by atoms with Crippen LogP contribution in [-0.4, -0.2) is 38.3 Å². The first-order chi connectivity index (χ1) is 19.1. The van der Waals surface area contributed by atoms with Crippen molar-refractivity contribution in [2.45, 2.75) is 31.3 Å². The van der Waals surface area contributed by atoms with E-state index in [1.807, 2.05) is 6.07 Å². The third-order valence-corrected chi connectivity index (χ3v) is 8.95. The van der Waals surface area contributed by atoms with Crippen LogP contribution in [0.4, 0.5) is 14.5 Å². The minimum absolute atomic E-state index is 0.0290. The van der Waals surface area contributed by atoms with Crippen LogP contribution in [0, 0.1) is 11.6 Å². The second-order valence-electron chi connectivity index (χ2n) is 10.5. The number of rotatable bonds is 6.